The maximum absolute atomic E-state index is 12.3. The second-order valence-electron chi connectivity index (χ2n) is 5.30. The van der Waals surface area contributed by atoms with Crippen LogP contribution < -0.4 is 10.1 Å². The highest BCUT2D eigenvalue weighted by Crippen LogP contribution is 2.23. The molecule has 0 aliphatic heterocycles. The van der Waals surface area contributed by atoms with Crippen LogP contribution in [-0.4, -0.2) is 40.8 Å². The highest BCUT2D eigenvalue weighted by atomic mass is 19.4. The lowest BCUT2D eigenvalue weighted by atomic mass is 9.92. The van der Waals surface area contributed by atoms with Gasteiger partial charge in [-0.2, -0.15) is 26.3 Å². The van der Waals surface area contributed by atoms with Gasteiger partial charge < -0.3 is 15.2 Å². The van der Waals surface area contributed by atoms with Gasteiger partial charge in [0, 0.05) is 6.42 Å². The van der Waals surface area contributed by atoms with E-state index in [0.29, 0.717) is 0 Å². The molecule has 0 saturated carbocycles. The molecule has 0 aliphatic rings. The van der Waals surface area contributed by atoms with Gasteiger partial charge in [-0.25, -0.2) is 9.59 Å². The summed E-state index contributed by atoms with van der Waals surface area (Å²) in [4.78, 5) is 32.9. The van der Waals surface area contributed by atoms with E-state index in [4.69, 9.17) is 5.11 Å². The molecule has 0 radical (unpaired) electrons. The van der Waals surface area contributed by atoms with Crippen molar-refractivity contribution in [2.24, 2.45) is 0 Å². The van der Waals surface area contributed by atoms with Crippen molar-refractivity contribution >= 4 is 17.8 Å². The van der Waals surface area contributed by atoms with Crippen molar-refractivity contribution in [2.75, 3.05) is 0 Å². The summed E-state index contributed by atoms with van der Waals surface area (Å²) < 4.78 is 77.2. The second kappa shape index (κ2) is 7.22. The number of carboxylic acid groups (broad SMARTS) is 1. The molecule has 0 saturated heterocycles. The number of ether oxygens (including phenoxy) is 1. The maximum Gasteiger partial charge on any atom is 0.491 e. The summed E-state index contributed by atoms with van der Waals surface area (Å²) in [7, 11) is 0. The number of alkyl halides is 6. The molecular formula is C14H11F6NO5. The molecule has 0 fully saturated rings. The first-order valence-corrected chi connectivity index (χ1v) is 6.66. The van der Waals surface area contributed by atoms with Gasteiger partial charge in [-0.3, -0.25) is 4.79 Å². The Balaban J connectivity index is 2.92. The third-order valence-electron chi connectivity index (χ3n) is 3.04. The Hall–Kier alpha value is -2.79. The lowest BCUT2D eigenvalue weighted by Gasteiger charge is -2.27. The van der Waals surface area contributed by atoms with E-state index in [0.717, 1.165) is 31.2 Å². The number of halogens is 6. The first-order valence-electron chi connectivity index (χ1n) is 6.66. The molecule has 1 atom stereocenters. The third kappa shape index (κ3) is 5.63. The third-order valence-corrected chi connectivity index (χ3v) is 3.04. The van der Waals surface area contributed by atoms with Gasteiger partial charge in [-0.1, -0.05) is 12.1 Å². The molecule has 1 aromatic rings. The Morgan fingerprint density at radius 3 is 1.88 bits per heavy atom. The van der Waals surface area contributed by atoms with Crippen molar-refractivity contribution < 1.29 is 50.6 Å². The number of hydrogen-bond acceptors (Lipinski definition) is 4. The zero-order chi connectivity index (χ0) is 20.3. The maximum atomic E-state index is 12.3. The van der Waals surface area contributed by atoms with E-state index in [2.05, 4.69) is 4.74 Å². The number of carbonyl (C=O) groups excluding carboxylic acids is 2. The lowest BCUT2D eigenvalue weighted by Crippen LogP contribution is -2.57. The Bertz CT molecular complexity index is 697. The van der Waals surface area contributed by atoms with Gasteiger partial charge in [0.1, 0.15) is 11.3 Å². The molecule has 0 aromatic heterocycles. The molecule has 12 heteroatoms. The molecule has 144 valence electrons. The predicted octanol–water partition coefficient (Wildman–Crippen LogP) is 2.22. The summed E-state index contributed by atoms with van der Waals surface area (Å²) >= 11 is 0. The fourth-order valence-corrected chi connectivity index (χ4v) is 1.74. The molecule has 0 spiro atoms. The van der Waals surface area contributed by atoms with Gasteiger partial charge in [0.25, 0.3) is 0 Å². The van der Waals surface area contributed by atoms with E-state index in [9.17, 15) is 40.7 Å². The van der Waals surface area contributed by atoms with Crippen molar-refractivity contribution in [1.29, 1.82) is 0 Å². The van der Waals surface area contributed by atoms with Crippen LogP contribution in [-0.2, 0) is 20.8 Å². The Morgan fingerprint density at radius 2 is 1.50 bits per heavy atom. The average Bonchev–Trinajstić information content (AvgIpc) is 2.47. The van der Waals surface area contributed by atoms with E-state index in [1.165, 1.54) is 5.32 Å². The number of nitrogens with one attached hydrogen (secondary N) is 1. The molecular weight excluding hydrogens is 376 g/mol. The fraction of sp³-hybridized carbons (Fsp3) is 0.357. The number of rotatable bonds is 5. The largest absolute Gasteiger partial charge is 0.491 e. The van der Waals surface area contributed by atoms with Crippen LogP contribution in [0, 0.1) is 0 Å². The summed E-state index contributed by atoms with van der Waals surface area (Å²) in [6, 6.07) is 3.87. The van der Waals surface area contributed by atoms with Gasteiger partial charge >= 0.3 is 30.2 Å². The van der Waals surface area contributed by atoms with E-state index in [1.54, 1.807) is 0 Å². The first-order chi connectivity index (χ1) is 11.6. The molecule has 1 amide bonds. The number of esters is 1. The van der Waals surface area contributed by atoms with Crippen LogP contribution in [0.2, 0.25) is 0 Å². The minimum atomic E-state index is -5.30. The summed E-state index contributed by atoms with van der Waals surface area (Å²) in [5.74, 6) is -7.20. The van der Waals surface area contributed by atoms with Gasteiger partial charge in [0.2, 0.25) is 0 Å². The molecule has 0 bridgehead atoms. The van der Waals surface area contributed by atoms with Gasteiger partial charge in [0.05, 0.1) is 0 Å². The highest BCUT2D eigenvalue weighted by molar-refractivity contribution is 5.89. The van der Waals surface area contributed by atoms with Gasteiger partial charge in [-0.05, 0) is 24.6 Å². The van der Waals surface area contributed by atoms with Crippen LogP contribution in [0.15, 0.2) is 24.3 Å². The number of hydrogen-bond donors (Lipinski definition) is 2. The first kappa shape index (κ1) is 21.3. The molecule has 0 aliphatic carbocycles. The second-order valence-corrected chi connectivity index (χ2v) is 5.30. The quantitative estimate of drug-likeness (QED) is 0.459. The molecule has 1 aromatic carbocycles. The fourth-order valence-electron chi connectivity index (χ4n) is 1.74. The zero-order valence-corrected chi connectivity index (χ0v) is 12.9. The van der Waals surface area contributed by atoms with E-state index in [1.807, 2.05) is 0 Å². The molecule has 0 heterocycles. The van der Waals surface area contributed by atoms with Crippen LogP contribution in [0.5, 0.6) is 5.75 Å². The Kier molecular flexibility index (Phi) is 5.90. The van der Waals surface area contributed by atoms with Crippen LogP contribution in [0.25, 0.3) is 0 Å². The van der Waals surface area contributed by atoms with Crippen LogP contribution in [0.4, 0.5) is 26.3 Å². The standard InChI is InChI=1S/C14H11F6NO5/c1-12(10(23)24,21-9(22)13(15,16)17)6-7-2-4-8(5-3-7)26-11(25)14(18,19)20/h2-5H,6H2,1H3,(H,21,22)(H,23,24). The summed E-state index contributed by atoms with van der Waals surface area (Å²) in [5.41, 5.74) is -2.28. The van der Waals surface area contributed by atoms with Crippen molar-refractivity contribution in [3.8, 4) is 5.75 Å². The number of carboxylic acids is 1. The highest BCUT2D eigenvalue weighted by Gasteiger charge is 2.45. The number of aliphatic carboxylic acids is 1. The zero-order valence-electron chi connectivity index (χ0n) is 12.9. The monoisotopic (exact) mass is 387 g/mol. The molecule has 6 nitrogen and oxygen atoms in total. The van der Waals surface area contributed by atoms with Crippen molar-refractivity contribution in [1.82, 2.24) is 5.32 Å². The van der Waals surface area contributed by atoms with E-state index >= 15 is 0 Å². The lowest BCUT2D eigenvalue weighted by molar-refractivity contribution is -0.189. The molecule has 1 unspecified atom stereocenters. The Labute approximate surface area is 141 Å². The van der Waals surface area contributed by atoms with Gasteiger partial charge in [-0.15, -0.1) is 0 Å². The Morgan fingerprint density at radius 1 is 1.00 bits per heavy atom. The minimum Gasteiger partial charge on any atom is -0.480 e. The van der Waals surface area contributed by atoms with Crippen molar-refractivity contribution in [3.05, 3.63) is 29.8 Å². The SMILES string of the molecule is CC(Cc1ccc(OC(=O)C(F)(F)F)cc1)(NC(=O)C(F)(F)F)C(=O)O. The van der Waals surface area contributed by atoms with Crippen LogP contribution in [0.1, 0.15) is 12.5 Å². The molecule has 2 N–H and O–H groups in total. The van der Waals surface area contributed by atoms with Crippen LogP contribution in [0.3, 0.4) is 0 Å². The topological polar surface area (TPSA) is 92.7 Å². The molecule has 1 rings (SSSR count). The summed E-state index contributed by atoms with van der Waals surface area (Å²) in [6.45, 7) is 0.830. The normalized spacial score (nSPS) is 14.3. The summed E-state index contributed by atoms with van der Waals surface area (Å²) in [5, 5.41) is 10.4. The van der Waals surface area contributed by atoms with Crippen LogP contribution >= 0.6 is 0 Å². The molecule has 26 heavy (non-hydrogen) atoms. The van der Waals surface area contributed by atoms with E-state index in [-0.39, 0.29) is 5.56 Å². The minimum absolute atomic E-state index is 0.0594. The van der Waals surface area contributed by atoms with Crippen molar-refractivity contribution in [2.45, 2.75) is 31.2 Å². The average molecular weight is 387 g/mol. The van der Waals surface area contributed by atoms with Crippen molar-refractivity contribution in [3.63, 3.8) is 0 Å². The van der Waals surface area contributed by atoms with E-state index < -0.39 is 47.9 Å². The summed E-state index contributed by atoms with van der Waals surface area (Å²) in [6.07, 6.45) is -11.1. The number of benzene rings is 1. The predicted molar refractivity (Wildman–Crippen MR) is 72.1 cm³/mol. The number of amides is 1. The van der Waals surface area contributed by atoms with Gasteiger partial charge in [0.15, 0.2) is 0 Å². The number of carbonyl (C=O) groups is 3. The smallest absolute Gasteiger partial charge is 0.480 e.